The molecule has 0 aliphatic carbocycles. The Kier molecular flexibility index (Phi) is 3.33. The van der Waals surface area contributed by atoms with Crippen LogP contribution in [0.1, 0.15) is 25.6 Å². The van der Waals surface area contributed by atoms with Gasteiger partial charge in [0.05, 0.1) is 0 Å². The third-order valence-corrected chi connectivity index (χ3v) is 3.15. The van der Waals surface area contributed by atoms with Crippen LogP contribution in [0.15, 0.2) is 6.33 Å². The van der Waals surface area contributed by atoms with Crippen molar-refractivity contribution in [1.82, 2.24) is 19.7 Å². The summed E-state index contributed by atoms with van der Waals surface area (Å²) < 4.78 is 1.96. The lowest BCUT2D eigenvalue weighted by atomic mass is 10.2. The molecule has 0 spiro atoms. The van der Waals surface area contributed by atoms with Gasteiger partial charge in [-0.25, -0.2) is 0 Å². The predicted octanol–water partition coefficient (Wildman–Crippen LogP) is 0.255. The molecule has 15 heavy (non-hydrogen) atoms. The third-order valence-electron chi connectivity index (χ3n) is 3.15. The van der Waals surface area contributed by atoms with Crippen LogP contribution in [0.4, 0.5) is 0 Å². The van der Waals surface area contributed by atoms with E-state index in [9.17, 15) is 0 Å². The largest absolute Gasteiger partial charge is 0.388 e. The van der Waals surface area contributed by atoms with Gasteiger partial charge in [0.15, 0.2) is 5.82 Å². The molecule has 1 saturated heterocycles. The molecule has 2 rings (SSSR count). The Morgan fingerprint density at radius 1 is 1.60 bits per heavy atom. The highest BCUT2D eigenvalue weighted by atomic mass is 16.3. The Bertz CT molecular complexity index is 312. The molecule has 5 nitrogen and oxygen atoms in total. The number of rotatable bonds is 4. The maximum Gasteiger partial charge on any atom is 0.158 e. The van der Waals surface area contributed by atoms with E-state index in [1.807, 2.05) is 4.57 Å². The topological polar surface area (TPSA) is 54.2 Å². The fourth-order valence-corrected chi connectivity index (χ4v) is 2.30. The Morgan fingerprint density at radius 3 is 3.20 bits per heavy atom. The maximum atomic E-state index is 9.07. The van der Waals surface area contributed by atoms with E-state index in [2.05, 4.69) is 22.0 Å². The second-order valence-corrected chi connectivity index (χ2v) is 3.98. The SMILES string of the molecule is CCN1CCCC1Cn1cnnc1CO. The molecule has 5 heteroatoms. The molecule has 1 fully saturated rings. The molecule has 1 aliphatic rings. The highest BCUT2D eigenvalue weighted by Gasteiger charge is 2.23. The van der Waals surface area contributed by atoms with Crippen LogP contribution >= 0.6 is 0 Å². The first-order valence-electron chi connectivity index (χ1n) is 5.56. The van der Waals surface area contributed by atoms with Gasteiger partial charge in [-0.2, -0.15) is 0 Å². The Balaban J connectivity index is 2.01. The van der Waals surface area contributed by atoms with Gasteiger partial charge >= 0.3 is 0 Å². The van der Waals surface area contributed by atoms with Crippen molar-refractivity contribution >= 4 is 0 Å². The van der Waals surface area contributed by atoms with Gasteiger partial charge in [0.25, 0.3) is 0 Å². The van der Waals surface area contributed by atoms with Crippen molar-refractivity contribution in [2.24, 2.45) is 0 Å². The van der Waals surface area contributed by atoms with Crippen LogP contribution in [-0.4, -0.2) is 43.9 Å². The number of hydrogen-bond acceptors (Lipinski definition) is 4. The second kappa shape index (κ2) is 4.72. The minimum absolute atomic E-state index is 0.0289. The smallest absolute Gasteiger partial charge is 0.158 e. The number of aliphatic hydroxyl groups excluding tert-OH is 1. The predicted molar refractivity (Wildman–Crippen MR) is 56.2 cm³/mol. The van der Waals surface area contributed by atoms with Gasteiger partial charge in [0.2, 0.25) is 0 Å². The van der Waals surface area contributed by atoms with Gasteiger partial charge in [-0.15, -0.1) is 10.2 Å². The summed E-state index contributed by atoms with van der Waals surface area (Å²) in [6.45, 7) is 5.35. The van der Waals surface area contributed by atoms with Gasteiger partial charge in [-0.3, -0.25) is 4.90 Å². The lowest BCUT2D eigenvalue weighted by Gasteiger charge is -2.23. The van der Waals surface area contributed by atoms with Crippen LogP contribution in [0.2, 0.25) is 0 Å². The minimum Gasteiger partial charge on any atom is -0.388 e. The molecule has 0 radical (unpaired) electrons. The molecule has 84 valence electrons. The van der Waals surface area contributed by atoms with Gasteiger partial charge in [-0.05, 0) is 25.9 Å². The van der Waals surface area contributed by atoms with E-state index < -0.39 is 0 Å². The summed E-state index contributed by atoms with van der Waals surface area (Å²) in [7, 11) is 0. The molecule has 1 N–H and O–H groups in total. The Hall–Kier alpha value is -0.940. The summed E-state index contributed by atoms with van der Waals surface area (Å²) in [5.41, 5.74) is 0. The van der Waals surface area contributed by atoms with Crippen molar-refractivity contribution in [1.29, 1.82) is 0 Å². The van der Waals surface area contributed by atoms with Crippen molar-refractivity contribution in [3.63, 3.8) is 0 Å². The Morgan fingerprint density at radius 2 is 2.47 bits per heavy atom. The van der Waals surface area contributed by atoms with E-state index in [0.717, 1.165) is 13.1 Å². The van der Waals surface area contributed by atoms with E-state index in [4.69, 9.17) is 5.11 Å². The summed E-state index contributed by atoms with van der Waals surface area (Å²) in [5.74, 6) is 0.665. The first-order valence-corrected chi connectivity index (χ1v) is 5.56. The molecule has 0 bridgehead atoms. The summed E-state index contributed by atoms with van der Waals surface area (Å²) >= 11 is 0. The lowest BCUT2D eigenvalue weighted by Crippen LogP contribution is -2.33. The normalized spacial score (nSPS) is 22.4. The van der Waals surface area contributed by atoms with E-state index in [0.29, 0.717) is 11.9 Å². The number of hydrogen-bond donors (Lipinski definition) is 1. The zero-order chi connectivity index (χ0) is 10.7. The van der Waals surface area contributed by atoms with Crippen LogP contribution in [0.3, 0.4) is 0 Å². The van der Waals surface area contributed by atoms with E-state index in [1.54, 1.807) is 6.33 Å². The van der Waals surface area contributed by atoms with E-state index in [1.165, 1.54) is 19.4 Å². The fraction of sp³-hybridized carbons (Fsp3) is 0.800. The third kappa shape index (κ3) is 2.18. The van der Waals surface area contributed by atoms with Crippen LogP contribution in [-0.2, 0) is 13.2 Å². The van der Waals surface area contributed by atoms with Gasteiger partial charge in [-0.1, -0.05) is 6.92 Å². The van der Waals surface area contributed by atoms with Crippen LogP contribution in [0.25, 0.3) is 0 Å². The second-order valence-electron chi connectivity index (χ2n) is 3.98. The summed E-state index contributed by atoms with van der Waals surface area (Å²) in [6, 6.07) is 0.580. The van der Waals surface area contributed by atoms with Crippen LogP contribution in [0, 0.1) is 0 Å². The van der Waals surface area contributed by atoms with Crippen molar-refractivity contribution in [3.05, 3.63) is 12.2 Å². The zero-order valence-corrected chi connectivity index (χ0v) is 9.13. The number of nitrogens with zero attached hydrogens (tertiary/aromatic N) is 4. The van der Waals surface area contributed by atoms with E-state index >= 15 is 0 Å². The summed E-state index contributed by atoms with van der Waals surface area (Å²) in [5, 5.41) is 16.8. The van der Waals surface area contributed by atoms with Crippen molar-refractivity contribution in [2.75, 3.05) is 13.1 Å². The maximum absolute atomic E-state index is 9.07. The quantitative estimate of drug-likeness (QED) is 0.774. The number of likely N-dealkylation sites (tertiary alicyclic amines) is 1. The average Bonchev–Trinajstić information content (AvgIpc) is 2.87. The monoisotopic (exact) mass is 210 g/mol. The Labute approximate surface area is 89.7 Å². The molecule has 1 aromatic rings. The van der Waals surface area contributed by atoms with Crippen LogP contribution < -0.4 is 0 Å². The molecule has 1 atom stereocenters. The first kappa shape index (κ1) is 10.6. The molecule has 1 unspecified atom stereocenters. The number of likely N-dealkylation sites (N-methyl/N-ethyl adjacent to an activating group) is 1. The van der Waals surface area contributed by atoms with Crippen LogP contribution in [0.5, 0.6) is 0 Å². The zero-order valence-electron chi connectivity index (χ0n) is 9.13. The molecular weight excluding hydrogens is 192 g/mol. The highest BCUT2D eigenvalue weighted by molar-refractivity contribution is 4.87. The molecule has 1 aromatic heterocycles. The standard InChI is InChI=1S/C10H18N4O/c1-2-13-5-3-4-9(13)6-14-8-11-12-10(14)7-15/h8-9,15H,2-7H2,1H3. The van der Waals surface area contributed by atoms with Gasteiger partial charge < -0.3 is 9.67 Å². The summed E-state index contributed by atoms with van der Waals surface area (Å²) in [6.07, 6.45) is 4.21. The number of aliphatic hydroxyl groups is 1. The average molecular weight is 210 g/mol. The minimum atomic E-state index is -0.0289. The molecular formula is C10H18N4O. The van der Waals surface area contributed by atoms with Crippen molar-refractivity contribution in [2.45, 2.75) is 39.0 Å². The number of aromatic nitrogens is 3. The summed E-state index contributed by atoms with van der Waals surface area (Å²) in [4.78, 5) is 2.47. The van der Waals surface area contributed by atoms with Gasteiger partial charge in [0.1, 0.15) is 12.9 Å². The van der Waals surface area contributed by atoms with E-state index in [-0.39, 0.29) is 6.61 Å². The molecule has 0 amide bonds. The molecule has 0 saturated carbocycles. The van der Waals surface area contributed by atoms with Crippen molar-refractivity contribution < 1.29 is 5.11 Å². The van der Waals surface area contributed by atoms with Gasteiger partial charge in [0, 0.05) is 12.6 Å². The van der Waals surface area contributed by atoms with Crippen molar-refractivity contribution in [3.8, 4) is 0 Å². The molecule has 2 heterocycles. The first-order chi connectivity index (χ1) is 7.35. The fourth-order valence-electron chi connectivity index (χ4n) is 2.30. The lowest BCUT2D eigenvalue weighted by molar-refractivity contribution is 0.229. The molecule has 1 aliphatic heterocycles. The highest BCUT2D eigenvalue weighted by Crippen LogP contribution is 2.18. The molecule has 0 aromatic carbocycles.